The number of hydrogen-bond donors (Lipinski definition) is 0. The number of nitrogens with zero attached hydrogens (tertiary/aromatic N) is 4. The van der Waals surface area contributed by atoms with Crippen molar-refractivity contribution < 1.29 is 9.53 Å². The Hall–Kier alpha value is -3.54. The van der Waals surface area contributed by atoms with Crippen LogP contribution in [0, 0.1) is 13.8 Å². The molecule has 0 fully saturated rings. The van der Waals surface area contributed by atoms with Crippen LogP contribution in [0.15, 0.2) is 59.9 Å². The number of aryl methyl sites for hydroxylation is 2. The number of benzene rings is 1. The number of methoxy groups -OCH3 is 1. The summed E-state index contributed by atoms with van der Waals surface area (Å²) in [6, 6.07) is 13.2. The molecular formula is C23H24N4O2. The summed E-state index contributed by atoms with van der Waals surface area (Å²) in [6.45, 7) is 4.01. The Morgan fingerprint density at radius 1 is 0.966 bits per heavy atom. The normalized spacial score (nSPS) is 11.3. The third kappa shape index (κ3) is 4.66. The lowest BCUT2D eigenvalue weighted by Gasteiger charge is -2.17. The molecule has 0 spiro atoms. The Labute approximate surface area is 170 Å². The van der Waals surface area contributed by atoms with Crippen molar-refractivity contribution in [3.63, 3.8) is 0 Å². The van der Waals surface area contributed by atoms with Gasteiger partial charge in [-0.3, -0.25) is 4.98 Å². The second-order valence-corrected chi connectivity index (χ2v) is 6.98. The minimum Gasteiger partial charge on any atom is -0.465 e. The van der Waals surface area contributed by atoms with Crippen molar-refractivity contribution in [3.8, 4) is 11.1 Å². The van der Waals surface area contributed by atoms with Crippen LogP contribution < -0.4 is 0 Å². The molecule has 0 aliphatic carbocycles. The highest BCUT2D eigenvalue weighted by Crippen LogP contribution is 2.23. The van der Waals surface area contributed by atoms with Crippen molar-refractivity contribution in [3.05, 3.63) is 77.2 Å². The maximum atomic E-state index is 11.6. The van der Waals surface area contributed by atoms with Gasteiger partial charge < -0.3 is 9.64 Å². The smallest absolute Gasteiger partial charge is 0.337 e. The number of aliphatic imine (C=N–C) groups is 1. The monoisotopic (exact) mass is 388 g/mol. The average molecular weight is 388 g/mol. The van der Waals surface area contributed by atoms with Crippen LogP contribution in [-0.2, 0) is 4.74 Å². The Kier molecular flexibility index (Phi) is 6.02. The van der Waals surface area contributed by atoms with E-state index in [1.165, 1.54) is 7.11 Å². The third-order valence-electron chi connectivity index (χ3n) is 4.47. The number of rotatable bonds is 4. The molecule has 6 nitrogen and oxygen atoms in total. The van der Waals surface area contributed by atoms with Crippen molar-refractivity contribution >= 4 is 17.6 Å². The molecule has 148 valence electrons. The summed E-state index contributed by atoms with van der Waals surface area (Å²) in [5.74, 6) is 1.03. The first-order valence-electron chi connectivity index (χ1n) is 9.23. The summed E-state index contributed by atoms with van der Waals surface area (Å²) in [6.07, 6.45) is 3.62. The number of pyridine rings is 2. The van der Waals surface area contributed by atoms with Gasteiger partial charge in [-0.25, -0.2) is 14.8 Å². The van der Waals surface area contributed by atoms with Crippen LogP contribution in [-0.4, -0.2) is 47.9 Å². The molecule has 0 saturated heterocycles. The van der Waals surface area contributed by atoms with E-state index in [9.17, 15) is 4.79 Å². The third-order valence-corrected chi connectivity index (χ3v) is 4.47. The molecule has 0 bridgehead atoms. The Morgan fingerprint density at radius 3 is 2.24 bits per heavy atom. The van der Waals surface area contributed by atoms with Gasteiger partial charge in [0.1, 0.15) is 5.69 Å². The fourth-order valence-electron chi connectivity index (χ4n) is 2.88. The summed E-state index contributed by atoms with van der Waals surface area (Å²) in [5, 5.41) is 0. The summed E-state index contributed by atoms with van der Waals surface area (Å²) in [5.41, 5.74) is 5.35. The first-order chi connectivity index (χ1) is 13.9. The Balaban J connectivity index is 1.95. The highest BCUT2D eigenvalue weighted by atomic mass is 16.5. The van der Waals surface area contributed by atoms with Crippen LogP contribution in [0.4, 0.5) is 5.82 Å². The SMILES string of the molecule is COC(=O)c1ccc(-c2cnc(C(=Nc3ccc(C)cn3)N(C)C)c(C)c2)cc1. The molecule has 2 heterocycles. The van der Waals surface area contributed by atoms with Crippen LogP contribution in [0.3, 0.4) is 0 Å². The van der Waals surface area contributed by atoms with Crippen molar-refractivity contribution in [2.75, 3.05) is 21.2 Å². The van der Waals surface area contributed by atoms with E-state index < -0.39 is 0 Å². The minimum atomic E-state index is -0.349. The summed E-state index contributed by atoms with van der Waals surface area (Å²) < 4.78 is 4.75. The molecule has 2 aromatic heterocycles. The van der Waals surface area contributed by atoms with Gasteiger partial charge in [0, 0.05) is 32.1 Å². The van der Waals surface area contributed by atoms with E-state index >= 15 is 0 Å². The molecule has 0 radical (unpaired) electrons. The largest absolute Gasteiger partial charge is 0.465 e. The number of amidine groups is 1. The topological polar surface area (TPSA) is 67.7 Å². The number of carbonyl (C=O) groups excluding carboxylic acids is 1. The second kappa shape index (κ2) is 8.65. The standard InChI is InChI=1S/C23H24N4O2/c1-15-6-11-20(24-13-15)26-22(27(3)4)21-16(2)12-19(14-25-21)17-7-9-18(10-8-17)23(28)29-5/h6-14H,1-5H3. The number of esters is 1. The fraction of sp³-hybridized carbons (Fsp3) is 0.217. The highest BCUT2D eigenvalue weighted by Gasteiger charge is 2.13. The van der Waals surface area contributed by atoms with Gasteiger partial charge in [-0.05, 0) is 54.8 Å². The molecule has 29 heavy (non-hydrogen) atoms. The van der Waals surface area contributed by atoms with E-state index in [2.05, 4.69) is 16.0 Å². The van der Waals surface area contributed by atoms with Gasteiger partial charge in [0.2, 0.25) is 0 Å². The molecule has 0 N–H and O–H groups in total. The van der Waals surface area contributed by atoms with Crippen molar-refractivity contribution in [1.82, 2.24) is 14.9 Å². The van der Waals surface area contributed by atoms with E-state index in [0.29, 0.717) is 11.4 Å². The van der Waals surface area contributed by atoms with Crippen LogP contribution in [0.25, 0.3) is 11.1 Å². The first-order valence-corrected chi connectivity index (χ1v) is 9.23. The molecule has 1 aromatic carbocycles. The lowest BCUT2D eigenvalue weighted by Crippen LogP contribution is -2.25. The molecule has 0 atom stereocenters. The van der Waals surface area contributed by atoms with Crippen LogP contribution in [0.5, 0.6) is 0 Å². The molecular weight excluding hydrogens is 364 g/mol. The van der Waals surface area contributed by atoms with Gasteiger partial charge in [0.05, 0.1) is 12.7 Å². The molecule has 3 aromatic rings. The summed E-state index contributed by atoms with van der Waals surface area (Å²) in [4.78, 5) is 27.3. The van der Waals surface area contributed by atoms with Crippen molar-refractivity contribution in [1.29, 1.82) is 0 Å². The molecule has 3 rings (SSSR count). The van der Waals surface area contributed by atoms with E-state index in [1.54, 1.807) is 18.3 Å². The van der Waals surface area contributed by atoms with Crippen molar-refractivity contribution in [2.24, 2.45) is 4.99 Å². The van der Waals surface area contributed by atoms with Crippen LogP contribution >= 0.6 is 0 Å². The maximum absolute atomic E-state index is 11.6. The van der Waals surface area contributed by atoms with Crippen molar-refractivity contribution in [2.45, 2.75) is 13.8 Å². The maximum Gasteiger partial charge on any atom is 0.337 e. The van der Waals surface area contributed by atoms with Gasteiger partial charge in [0.25, 0.3) is 0 Å². The Bertz CT molecular complexity index is 1040. The van der Waals surface area contributed by atoms with E-state index in [4.69, 9.17) is 9.73 Å². The quantitative estimate of drug-likeness (QED) is 0.381. The first kappa shape index (κ1) is 20.2. The van der Waals surface area contributed by atoms with Gasteiger partial charge in [-0.2, -0.15) is 0 Å². The summed E-state index contributed by atoms with van der Waals surface area (Å²) in [7, 11) is 5.25. The zero-order valence-electron chi connectivity index (χ0n) is 17.3. The second-order valence-electron chi connectivity index (χ2n) is 6.98. The molecule has 0 aliphatic rings. The van der Waals surface area contributed by atoms with Crippen LogP contribution in [0.1, 0.15) is 27.2 Å². The zero-order valence-corrected chi connectivity index (χ0v) is 17.3. The fourth-order valence-corrected chi connectivity index (χ4v) is 2.88. The number of ether oxygens (including phenoxy) is 1. The molecule has 0 unspecified atom stereocenters. The van der Waals surface area contributed by atoms with E-state index in [1.807, 2.05) is 63.3 Å². The Morgan fingerprint density at radius 2 is 1.69 bits per heavy atom. The van der Waals surface area contributed by atoms with Gasteiger partial charge in [-0.15, -0.1) is 0 Å². The molecule has 6 heteroatoms. The predicted molar refractivity (Wildman–Crippen MR) is 115 cm³/mol. The zero-order chi connectivity index (χ0) is 21.0. The summed E-state index contributed by atoms with van der Waals surface area (Å²) >= 11 is 0. The van der Waals surface area contributed by atoms with Gasteiger partial charge in [0.15, 0.2) is 11.7 Å². The predicted octanol–water partition coefficient (Wildman–Crippen LogP) is 4.19. The minimum absolute atomic E-state index is 0.349. The highest BCUT2D eigenvalue weighted by molar-refractivity contribution is 5.99. The molecule has 0 amide bonds. The number of hydrogen-bond acceptors (Lipinski definition) is 5. The van der Waals surface area contributed by atoms with E-state index in [-0.39, 0.29) is 5.97 Å². The van der Waals surface area contributed by atoms with Gasteiger partial charge in [-0.1, -0.05) is 18.2 Å². The van der Waals surface area contributed by atoms with Gasteiger partial charge >= 0.3 is 5.97 Å². The van der Waals surface area contributed by atoms with Crippen LogP contribution in [0.2, 0.25) is 0 Å². The lowest BCUT2D eigenvalue weighted by molar-refractivity contribution is 0.0601. The number of carbonyl (C=O) groups is 1. The number of aromatic nitrogens is 2. The average Bonchev–Trinajstić information content (AvgIpc) is 2.73. The molecule has 0 aliphatic heterocycles. The molecule has 0 saturated carbocycles. The lowest BCUT2D eigenvalue weighted by atomic mass is 10.0. The van der Waals surface area contributed by atoms with E-state index in [0.717, 1.165) is 33.8 Å².